The zero-order valence-electron chi connectivity index (χ0n) is 11.6. The molecule has 0 amide bonds. The number of likely N-dealkylation sites (tertiary alicyclic amines) is 1. The van der Waals surface area contributed by atoms with E-state index in [1.165, 1.54) is 38.8 Å². The van der Waals surface area contributed by atoms with Gasteiger partial charge in [0.25, 0.3) is 0 Å². The van der Waals surface area contributed by atoms with Gasteiger partial charge in [-0.25, -0.2) is 0 Å². The van der Waals surface area contributed by atoms with Crippen LogP contribution < -0.4 is 5.32 Å². The fraction of sp³-hybridized carbons (Fsp3) is 0.529. The highest BCUT2D eigenvalue weighted by molar-refractivity contribution is 5.33. The lowest BCUT2D eigenvalue weighted by Crippen LogP contribution is -2.46. The van der Waals surface area contributed by atoms with Gasteiger partial charge < -0.3 is 5.32 Å². The van der Waals surface area contributed by atoms with E-state index in [0.717, 1.165) is 6.54 Å². The molecule has 2 aliphatic rings. The SMILES string of the molecule is C=CCN1CCC(NC2Cc3ccccc3C2)CC1. The molecule has 1 aromatic rings. The molecule has 1 aromatic carbocycles. The van der Waals surface area contributed by atoms with Crippen LogP contribution in [-0.4, -0.2) is 36.6 Å². The van der Waals surface area contributed by atoms with E-state index in [2.05, 4.69) is 41.1 Å². The molecule has 0 unspecified atom stereocenters. The van der Waals surface area contributed by atoms with E-state index >= 15 is 0 Å². The maximum atomic E-state index is 3.87. The van der Waals surface area contributed by atoms with Crippen molar-refractivity contribution in [1.82, 2.24) is 10.2 Å². The van der Waals surface area contributed by atoms with Crippen LogP contribution in [0.2, 0.25) is 0 Å². The first kappa shape index (κ1) is 12.9. The van der Waals surface area contributed by atoms with Crippen LogP contribution in [0.4, 0.5) is 0 Å². The lowest BCUT2D eigenvalue weighted by molar-refractivity contribution is 0.207. The van der Waals surface area contributed by atoms with Gasteiger partial charge in [-0.1, -0.05) is 30.3 Å². The first-order valence-electron chi connectivity index (χ1n) is 7.51. The van der Waals surface area contributed by atoms with Crippen LogP contribution in [0.15, 0.2) is 36.9 Å². The Hall–Kier alpha value is -1.12. The minimum Gasteiger partial charge on any atom is -0.310 e. The first-order valence-corrected chi connectivity index (χ1v) is 7.51. The Morgan fingerprint density at radius 1 is 1.11 bits per heavy atom. The molecule has 1 aliphatic heterocycles. The Balaban J connectivity index is 1.48. The molecule has 1 aliphatic carbocycles. The van der Waals surface area contributed by atoms with Crippen molar-refractivity contribution in [3.8, 4) is 0 Å². The summed E-state index contributed by atoms with van der Waals surface area (Å²) >= 11 is 0. The van der Waals surface area contributed by atoms with Crippen LogP contribution in [0.1, 0.15) is 24.0 Å². The quantitative estimate of drug-likeness (QED) is 0.832. The standard InChI is InChI=1S/C17H24N2/c1-2-9-19-10-7-16(8-11-19)18-17-12-14-5-3-4-6-15(14)13-17/h2-6,16-18H,1,7-13H2. The second kappa shape index (κ2) is 5.89. The minimum absolute atomic E-state index is 0.661. The average molecular weight is 256 g/mol. The second-order valence-corrected chi connectivity index (χ2v) is 5.90. The molecule has 0 saturated carbocycles. The van der Waals surface area contributed by atoms with Crippen LogP contribution in [0.3, 0.4) is 0 Å². The van der Waals surface area contributed by atoms with Gasteiger partial charge in [-0.15, -0.1) is 6.58 Å². The van der Waals surface area contributed by atoms with Crippen molar-refractivity contribution in [2.45, 2.75) is 37.8 Å². The van der Waals surface area contributed by atoms with Crippen molar-refractivity contribution in [3.63, 3.8) is 0 Å². The predicted molar refractivity (Wildman–Crippen MR) is 80.4 cm³/mol. The largest absolute Gasteiger partial charge is 0.310 e. The Bertz CT molecular complexity index is 408. The van der Waals surface area contributed by atoms with Crippen LogP contribution >= 0.6 is 0 Å². The topological polar surface area (TPSA) is 15.3 Å². The van der Waals surface area contributed by atoms with E-state index in [1.807, 2.05) is 6.08 Å². The minimum atomic E-state index is 0.661. The molecule has 0 bridgehead atoms. The fourth-order valence-electron chi connectivity index (χ4n) is 3.47. The molecular formula is C17H24N2. The predicted octanol–water partition coefficient (Wildman–Crippen LogP) is 2.39. The van der Waals surface area contributed by atoms with Crippen LogP contribution in [0.5, 0.6) is 0 Å². The van der Waals surface area contributed by atoms with Crippen molar-refractivity contribution in [2.24, 2.45) is 0 Å². The molecular weight excluding hydrogens is 232 g/mol. The highest BCUT2D eigenvalue weighted by atomic mass is 15.1. The van der Waals surface area contributed by atoms with Gasteiger partial charge in [0.05, 0.1) is 0 Å². The average Bonchev–Trinajstić information content (AvgIpc) is 2.83. The maximum Gasteiger partial charge on any atom is 0.0160 e. The number of benzene rings is 1. The molecule has 1 N–H and O–H groups in total. The van der Waals surface area contributed by atoms with Crippen LogP contribution in [0.25, 0.3) is 0 Å². The number of nitrogens with zero attached hydrogens (tertiary/aromatic N) is 1. The molecule has 2 nitrogen and oxygen atoms in total. The number of hydrogen-bond donors (Lipinski definition) is 1. The van der Waals surface area contributed by atoms with Gasteiger partial charge in [-0.3, -0.25) is 4.90 Å². The Kier molecular flexibility index (Phi) is 4.00. The molecule has 0 spiro atoms. The molecule has 2 heteroatoms. The van der Waals surface area contributed by atoms with Crippen molar-refractivity contribution < 1.29 is 0 Å². The van der Waals surface area contributed by atoms with E-state index in [-0.39, 0.29) is 0 Å². The lowest BCUT2D eigenvalue weighted by atomic mass is 10.0. The third-order valence-electron chi connectivity index (χ3n) is 4.50. The smallest absolute Gasteiger partial charge is 0.0160 e. The summed E-state index contributed by atoms with van der Waals surface area (Å²) in [7, 11) is 0. The number of hydrogen-bond acceptors (Lipinski definition) is 2. The zero-order chi connectivity index (χ0) is 13.1. The molecule has 3 rings (SSSR count). The van der Waals surface area contributed by atoms with Gasteiger partial charge in [0, 0.05) is 18.6 Å². The summed E-state index contributed by atoms with van der Waals surface area (Å²) in [6.45, 7) is 7.29. The maximum absolute atomic E-state index is 3.87. The van der Waals surface area contributed by atoms with Crippen molar-refractivity contribution in [3.05, 3.63) is 48.0 Å². The van der Waals surface area contributed by atoms with E-state index in [1.54, 1.807) is 11.1 Å². The summed E-state index contributed by atoms with van der Waals surface area (Å²) in [4.78, 5) is 2.49. The van der Waals surface area contributed by atoms with Gasteiger partial charge in [-0.05, 0) is 49.9 Å². The van der Waals surface area contributed by atoms with Gasteiger partial charge >= 0.3 is 0 Å². The lowest BCUT2D eigenvalue weighted by Gasteiger charge is -2.33. The van der Waals surface area contributed by atoms with Gasteiger partial charge in [0.1, 0.15) is 0 Å². The summed E-state index contributed by atoms with van der Waals surface area (Å²) in [6, 6.07) is 10.3. The Labute approximate surface area is 116 Å². The summed E-state index contributed by atoms with van der Waals surface area (Å²) in [5.41, 5.74) is 3.09. The zero-order valence-corrected chi connectivity index (χ0v) is 11.6. The third-order valence-corrected chi connectivity index (χ3v) is 4.50. The van der Waals surface area contributed by atoms with Gasteiger partial charge in [-0.2, -0.15) is 0 Å². The molecule has 0 aromatic heterocycles. The molecule has 0 atom stereocenters. The van der Waals surface area contributed by atoms with Crippen molar-refractivity contribution in [1.29, 1.82) is 0 Å². The fourth-order valence-corrected chi connectivity index (χ4v) is 3.47. The van der Waals surface area contributed by atoms with E-state index in [9.17, 15) is 0 Å². The highest BCUT2D eigenvalue weighted by Gasteiger charge is 2.25. The summed E-state index contributed by atoms with van der Waals surface area (Å²) in [5.74, 6) is 0. The Morgan fingerprint density at radius 2 is 1.74 bits per heavy atom. The van der Waals surface area contributed by atoms with E-state index in [0.29, 0.717) is 12.1 Å². The summed E-state index contributed by atoms with van der Waals surface area (Å²) in [5, 5.41) is 3.87. The van der Waals surface area contributed by atoms with Crippen molar-refractivity contribution in [2.75, 3.05) is 19.6 Å². The molecule has 0 radical (unpaired) electrons. The van der Waals surface area contributed by atoms with Gasteiger partial charge in [0.2, 0.25) is 0 Å². The Morgan fingerprint density at radius 3 is 2.32 bits per heavy atom. The second-order valence-electron chi connectivity index (χ2n) is 5.90. The summed E-state index contributed by atoms with van der Waals surface area (Å²) in [6.07, 6.45) is 6.99. The van der Waals surface area contributed by atoms with E-state index in [4.69, 9.17) is 0 Å². The molecule has 1 heterocycles. The number of nitrogens with one attached hydrogen (secondary N) is 1. The molecule has 1 saturated heterocycles. The van der Waals surface area contributed by atoms with Crippen molar-refractivity contribution >= 4 is 0 Å². The number of fused-ring (bicyclic) bond motifs is 1. The molecule has 102 valence electrons. The highest BCUT2D eigenvalue weighted by Crippen LogP contribution is 2.23. The first-order chi connectivity index (χ1) is 9.35. The third kappa shape index (κ3) is 3.07. The van der Waals surface area contributed by atoms with Crippen LogP contribution in [-0.2, 0) is 12.8 Å². The molecule has 1 fully saturated rings. The normalized spacial score (nSPS) is 21.5. The molecule has 19 heavy (non-hydrogen) atoms. The van der Waals surface area contributed by atoms with E-state index < -0.39 is 0 Å². The summed E-state index contributed by atoms with van der Waals surface area (Å²) < 4.78 is 0. The number of rotatable bonds is 4. The monoisotopic (exact) mass is 256 g/mol. The number of piperidine rings is 1. The van der Waals surface area contributed by atoms with Gasteiger partial charge in [0.15, 0.2) is 0 Å². The van der Waals surface area contributed by atoms with Crippen LogP contribution in [0, 0.1) is 0 Å².